The van der Waals surface area contributed by atoms with E-state index in [-0.39, 0.29) is 17.5 Å². The lowest BCUT2D eigenvalue weighted by Crippen LogP contribution is -2.46. The fourth-order valence-electron chi connectivity index (χ4n) is 1.57. The van der Waals surface area contributed by atoms with E-state index < -0.39 is 16.1 Å². The molecular formula is C11H26N2O4S. The van der Waals surface area contributed by atoms with Gasteiger partial charge >= 0.3 is 0 Å². The van der Waals surface area contributed by atoms with Gasteiger partial charge in [-0.05, 0) is 26.7 Å². The molecule has 0 aromatic rings. The number of rotatable bonds is 11. The summed E-state index contributed by atoms with van der Waals surface area (Å²) in [6.07, 6.45) is 0.705. The molecule has 0 saturated carbocycles. The lowest BCUT2D eigenvalue weighted by atomic mass is 10.1. The fraction of sp³-hybridized carbons (Fsp3) is 1.00. The Labute approximate surface area is 110 Å². The first-order valence-corrected chi connectivity index (χ1v) is 8.22. The normalized spacial score (nSPS) is 14.1. The summed E-state index contributed by atoms with van der Waals surface area (Å²) in [7, 11) is -2.92. The number of nitrogens with one attached hydrogen (secondary N) is 1. The third-order valence-corrected chi connectivity index (χ3v) is 4.41. The largest absolute Gasteiger partial charge is 0.351 e. The minimum absolute atomic E-state index is 0.173. The number of ether oxygens (including phenoxy) is 2. The molecule has 0 heterocycles. The lowest BCUT2D eigenvalue weighted by molar-refractivity contribution is -0.155. The second-order valence-corrected chi connectivity index (χ2v) is 6.40. The van der Waals surface area contributed by atoms with Crippen LogP contribution in [0.15, 0.2) is 0 Å². The number of hydrogen-bond acceptors (Lipinski definition) is 6. The zero-order valence-electron chi connectivity index (χ0n) is 11.5. The van der Waals surface area contributed by atoms with Crippen LogP contribution in [0, 0.1) is 0 Å². The van der Waals surface area contributed by atoms with E-state index in [0.717, 1.165) is 0 Å². The van der Waals surface area contributed by atoms with Crippen LogP contribution < -0.4 is 11.3 Å². The predicted octanol–water partition coefficient (Wildman–Crippen LogP) is 0.432. The van der Waals surface area contributed by atoms with Crippen molar-refractivity contribution in [2.24, 2.45) is 5.84 Å². The Hall–Kier alpha value is -0.210. The molecule has 0 fully saturated rings. The van der Waals surface area contributed by atoms with Gasteiger partial charge < -0.3 is 9.47 Å². The van der Waals surface area contributed by atoms with E-state index in [9.17, 15) is 8.42 Å². The van der Waals surface area contributed by atoms with Crippen molar-refractivity contribution in [3.05, 3.63) is 0 Å². The number of hydrogen-bond donors (Lipinski definition) is 2. The van der Waals surface area contributed by atoms with E-state index >= 15 is 0 Å². The number of hydrazine groups is 1. The summed E-state index contributed by atoms with van der Waals surface area (Å²) in [6.45, 7) is 6.45. The summed E-state index contributed by atoms with van der Waals surface area (Å²) in [5.41, 5.74) is 2.63. The second kappa shape index (κ2) is 9.69. The zero-order valence-corrected chi connectivity index (χ0v) is 12.3. The Bertz CT molecular complexity index is 289. The SMILES string of the molecule is CCOC(OCC)C(CCCS(=O)(=O)CC)NN. The highest BCUT2D eigenvalue weighted by molar-refractivity contribution is 7.91. The van der Waals surface area contributed by atoms with Crippen LogP contribution in [0.25, 0.3) is 0 Å². The average molecular weight is 282 g/mol. The van der Waals surface area contributed by atoms with Crippen molar-refractivity contribution < 1.29 is 17.9 Å². The van der Waals surface area contributed by atoms with Crippen LogP contribution in [-0.4, -0.2) is 45.5 Å². The highest BCUT2D eigenvalue weighted by Crippen LogP contribution is 2.09. The number of sulfone groups is 1. The lowest BCUT2D eigenvalue weighted by Gasteiger charge is -2.26. The summed E-state index contributed by atoms with van der Waals surface area (Å²) in [6, 6.07) is -0.197. The average Bonchev–Trinajstić information content (AvgIpc) is 2.34. The monoisotopic (exact) mass is 282 g/mol. The molecule has 1 atom stereocenters. The van der Waals surface area contributed by atoms with Crippen molar-refractivity contribution in [3.63, 3.8) is 0 Å². The predicted molar refractivity (Wildman–Crippen MR) is 71.7 cm³/mol. The summed E-state index contributed by atoms with van der Waals surface area (Å²) < 4.78 is 33.6. The Morgan fingerprint density at radius 2 is 1.72 bits per heavy atom. The smallest absolute Gasteiger partial charge is 0.173 e. The molecule has 7 heteroatoms. The molecule has 0 aliphatic rings. The second-order valence-electron chi connectivity index (χ2n) is 3.93. The quantitative estimate of drug-likeness (QED) is 0.324. The van der Waals surface area contributed by atoms with Gasteiger partial charge in [-0.2, -0.15) is 0 Å². The van der Waals surface area contributed by atoms with Gasteiger partial charge in [0.25, 0.3) is 0 Å². The molecule has 0 aliphatic carbocycles. The van der Waals surface area contributed by atoms with Gasteiger partial charge in [0.2, 0.25) is 0 Å². The van der Waals surface area contributed by atoms with Crippen molar-refractivity contribution in [3.8, 4) is 0 Å². The summed E-state index contributed by atoms with van der Waals surface area (Å²) in [5.74, 6) is 5.81. The van der Waals surface area contributed by atoms with E-state index in [1.54, 1.807) is 6.92 Å². The van der Waals surface area contributed by atoms with Crippen LogP contribution in [0.3, 0.4) is 0 Å². The molecule has 0 bridgehead atoms. The Morgan fingerprint density at radius 3 is 2.11 bits per heavy atom. The van der Waals surface area contributed by atoms with Crippen molar-refractivity contribution in [1.29, 1.82) is 0 Å². The molecule has 3 N–H and O–H groups in total. The molecule has 6 nitrogen and oxygen atoms in total. The van der Waals surface area contributed by atoms with Gasteiger partial charge in [0.1, 0.15) is 9.84 Å². The Kier molecular flexibility index (Phi) is 9.57. The van der Waals surface area contributed by atoms with Crippen molar-refractivity contribution >= 4 is 9.84 Å². The summed E-state index contributed by atoms with van der Waals surface area (Å²) in [4.78, 5) is 0. The molecule has 0 spiro atoms. The molecule has 0 saturated heterocycles. The molecular weight excluding hydrogens is 256 g/mol. The van der Waals surface area contributed by atoms with Gasteiger partial charge in [0.05, 0.1) is 11.8 Å². The van der Waals surface area contributed by atoms with Crippen LogP contribution in [-0.2, 0) is 19.3 Å². The molecule has 0 rings (SSSR count). The molecule has 0 aromatic carbocycles. The highest BCUT2D eigenvalue weighted by Gasteiger charge is 2.21. The maximum absolute atomic E-state index is 11.4. The van der Waals surface area contributed by atoms with Gasteiger partial charge in [-0.15, -0.1) is 0 Å². The maximum atomic E-state index is 11.4. The van der Waals surface area contributed by atoms with Crippen LogP contribution in [0.5, 0.6) is 0 Å². The molecule has 1 unspecified atom stereocenters. The summed E-state index contributed by atoms with van der Waals surface area (Å²) in [5, 5.41) is 0. The molecule has 0 aromatic heterocycles. The van der Waals surface area contributed by atoms with Crippen LogP contribution in [0.4, 0.5) is 0 Å². The van der Waals surface area contributed by atoms with Crippen molar-refractivity contribution in [1.82, 2.24) is 5.43 Å². The first kappa shape index (κ1) is 17.8. The molecule has 0 aliphatic heterocycles. The highest BCUT2D eigenvalue weighted by atomic mass is 32.2. The third-order valence-electron chi connectivity index (χ3n) is 2.61. The Balaban J connectivity index is 4.22. The van der Waals surface area contributed by atoms with Crippen molar-refractivity contribution in [2.45, 2.75) is 45.9 Å². The van der Waals surface area contributed by atoms with Crippen molar-refractivity contribution in [2.75, 3.05) is 24.7 Å². The standard InChI is InChI=1S/C11H26N2O4S/c1-4-16-11(17-5-2)10(13-12)8-7-9-18(14,15)6-3/h10-11,13H,4-9,12H2,1-3H3. The minimum atomic E-state index is -2.92. The first-order chi connectivity index (χ1) is 8.50. The number of nitrogens with two attached hydrogens (primary N) is 1. The van der Waals surface area contributed by atoms with Gasteiger partial charge in [0, 0.05) is 19.0 Å². The molecule has 110 valence electrons. The van der Waals surface area contributed by atoms with Gasteiger partial charge in [-0.3, -0.25) is 11.3 Å². The molecule has 0 amide bonds. The van der Waals surface area contributed by atoms with Crippen LogP contribution >= 0.6 is 0 Å². The first-order valence-electron chi connectivity index (χ1n) is 6.40. The van der Waals surface area contributed by atoms with E-state index in [1.807, 2.05) is 13.8 Å². The van der Waals surface area contributed by atoms with Gasteiger partial charge in [0.15, 0.2) is 6.29 Å². The van der Waals surface area contributed by atoms with E-state index in [1.165, 1.54) is 0 Å². The maximum Gasteiger partial charge on any atom is 0.173 e. The third kappa shape index (κ3) is 7.27. The van der Waals surface area contributed by atoms with Crippen LogP contribution in [0.2, 0.25) is 0 Å². The summed E-state index contributed by atoms with van der Waals surface area (Å²) >= 11 is 0. The van der Waals surface area contributed by atoms with E-state index in [4.69, 9.17) is 15.3 Å². The molecule has 18 heavy (non-hydrogen) atoms. The topological polar surface area (TPSA) is 90.6 Å². The zero-order chi connectivity index (χ0) is 14.0. The Morgan fingerprint density at radius 1 is 1.17 bits per heavy atom. The van der Waals surface area contributed by atoms with Gasteiger partial charge in [-0.1, -0.05) is 6.92 Å². The van der Waals surface area contributed by atoms with E-state index in [0.29, 0.717) is 26.1 Å². The van der Waals surface area contributed by atoms with E-state index in [2.05, 4.69) is 5.43 Å². The fourth-order valence-corrected chi connectivity index (χ4v) is 2.47. The van der Waals surface area contributed by atoms with Crippen LogP contribution in [0.1, 0.15) is 33.6 Å². The molecule has 0 radical (unpaired) electrons. The minimum Gasteiger partial charge on any atom is -0.351 e. The van der Waals surface area contributed by atoms with Gasteiger partial charge in [-0.25, -0.2) is 8.42 Å².